The Morgan fingerprint density at radius 2 is 1.50 bits per heavy atom. The molecule has 0 fully saturated rings. The molecule has 0 radical (unpaired) electrons. The van der Waals surface area contributed by atoms with E-state index in [1.54, 1.807) is 13.8 Å². The standard InChI is InChI=1S/C15H33N5O2/c1-11(19-21)14(3,4)17-10-8-13(7-9-16)18-15(5,6)12(2)20-22/h13,17-18,21-22H,7-10,16H2,1-6H3/b19-11-,20-12-. The van der Waals surface area contributed by atoms with Crippen molar-refractivity contribution >= 4 is 11.4 Å². The lowest BCUT2D eigenvalue weighted by Crippen LogP contribution is -2.53. The van der Waals surface area contributed by atoms with E-state index < -0.39 is 5.54 Å². The van der Waals surface area contributed by atoms with E-state index in [9.17, 15) is 0 Å². The summed E-state index contributed by atoms with van der Waals surface area (Å²) in [5, 5.41) is 31.3. The quantitative estimate of drug-likeness (QED) is 0.238. The first kappa shape index (κ1) is 20.8. The van der Waals surface area contributed by atoms with Crippen LogP contribution in [0.1, 0.15) is 54.4 Å². The van der Waals surface area contributed by atoms with E-state index in [2.05, 4.69) is 20.9 Å². The number of rotatable bonds is 10. The smallest absolute Gasteiger partial charge is 0.0734 e. The van der Waals surface area contributed by atoms with Crippen LogP contribution < -0.4 is 16.4 Å². The van der Waals surface area contributed by atoms with Crippen molar-refractivity contribution < 1.29 is 10.4 Å². The van der Waals surface area contributed by atoms with E-state index in [1.807, 2.05) is 27.7 Å². The van der Waals surface area contributed by atoms with Crippen molar-refractivity contribution in [1.82, 2.24) is 10.6 Å². The Labute approximate surface area is 134 Å². The van der Waals surface area contributed by atoms with Crippen LogP contribution in [0, 0.1) is 0 Å². The van der Waals surface area contributed by atoms with Crippen LogP contribution in [0.25, 0.3) is 0 Å². The van der Waals surface area contributed by atoms with Crippen LogP contribution in [0.5, 0.6) is 0 Å². The van der Waals surface area contributed by atoms with Crippen molar-refractivity contribution in [2.45, 2.75) is 71.5 Å². The van der Waals surface area contributed by atoms with Gasteiger partial charge in [0.15, 0.2) is 0 Å². The average Bonchev–Trinajstić information content (AvgIpc) is 2.44. The Bertz CT molecular complexity index is 391. The van der Waals surface area contributed by atoms with Crippen LogP contribution in [0.4, 0.5) is 0 Å². The third-order valence-electron chi connectivity index (χ3n) is 4.25. The maximum atomic E-state index is 8.96. The fourth-order valence-electron chi connectivity index (χ4n) is 2.04. The lowest BCUT2D eigenvalue weighted by molar-refractivity contribution is 0.302. The number of nitrogens with one attached hydrogen (secondary N) is 2. The van der Waals surface area contributed by atoms with E-state index in [-0.39, 0.29) is 11.6 Å². The summed E-state index contributed by atoms with van der Waals surface area (Å²) in [6.07, 6.45) is 1.69. The first-order valence-corrected chi connectivity index (χ1v) is 7.71. The van der Waals surface area contributed by atoms with Gasteiger partial charge in [-0.1, -0.05) is 10.3 Å². The first-order chi connectivity index (χ1) is 10.1. The molecule has 0 amide bonds. The van der Waals surface area contributed by atoms with Crippen molar-refractivity contribution in [3.8, 4) is 0 Å². The predicted octanol–water partition coefficient (Wildman–Crippen LogP) is 1.53. The average molecular weight is 315 g/mol. The van der Waals surface area contributed by atoms with Crippen LogP contribution in [-0.4, -0.2) is 52.0 Å². The summed E-state index contributed by atoms with van der Waals surface area (Å²) in [5.41, 5.74) is 6.20. The highest BCUT2D eigenvalue weighted by Crippen LogP contribution is 2.11. The Hall–Kier alpha value is -1.18. The molecule has 1 atom stereocenters. The summed E-state index contributed by atoms with van der Waals surface area (Å²) in [5.74, 6) is 0. The monoisotopic (exact) mass is 315 g/mol. The van der Waals surface area contributed by atoms with E-state index in [1.165, 1.54) is 0 Å². The molecular weight excluding hydrogens is 282 g/mol. The zero-order valence-electron chi connectivity index (χ0n) is 14.8. The highest BCUT2D eigenvalue weighted by molar-refractivity contribution is 5.90. The fourth-order valence-corrected chi connectivity index (χ4v) is 2.04. The van der Waals surface area contributed by atoms with Crippen molar-refractivity contribution in [3.63, 3.8) is 0 Å². The summed E-state index contributed by atoms with van der Waals surface area (Å²) in [7, 11) is 0. The van der Waals surface area contributed by atoms with Gasteiger partial charge >= 0.3 is 0 Å². The molecule has 0 bridgehead atoms. The van der Waals surface area contributed by atoms with Crippen molar-refractivity contribution in [1.29, 1.82) is 0 Å². The molecule has 0 rings (SSSR count). The van der Waals surface area contributed by atoms with Crippen LogP contribution in [0.3, 0.4) is 0 Å². The van der Waals surface area contributed by atoms with Crippen LogP contribution in [-0.2, 0) is 0 Å². The molecule has 22 heavy (non-hydrogen) atoms. The van der Waals surface area contributed by atoms with Gasteiger partial charge < -0.3 is 26.8 Å². The topological polar surface area (TPSA) is 115 Å². The van der Waals surface area contributed by atoms with Crippen molar-refractivity contribution in [2.75, 3.05) is 13.1 Å². The molecule has 0 saturated heterocycles. The molecule has 7 heteroatoms. The van der Waals surface area contributed by atoms with Gasteiger partial charge in [-0.2, -0.15) is 0 Å². The van der Waals surface area contributed by atoms with E-state index in [4.69, 9.17) is 16.1 Å². The van der Waals surface area contributed by atoms with Gasteiger partial charge in [-0.15, -0.1) is 0 Å². The van der Waals surface area contributed by atoms with Gasteiger partial charge in [-0.3, -0.25) is 0 Å². The first-order valence-electron chi connectivity index (χ1n) is 7.71. The Morgan fingerprint density at radius 3 is 1.95 bits per heavy atom. The zero-order valence-corrected chi connectivity index (χ0v) is 14.8. The number of oxime groups is 2. The predicted molar refractivity (Wildman–Crippen MR) is 91.2 cm³/mol. The van der Waals surface area contributed by atoms with Crippen LogP contribution in [0.15, 0.2) is 10.3 Å². The van der Waals surface area contributed by atoms with Gasteiger partial charge in [0.25, 0.3) is 0 Å². The summed E-state index contributed by atoms with van der Waals surface area (Å²) in [6, 6.07) is 0.200. The molecule has 0 saturated carbocycles. The Balaban J connectivity index is 4.61. The molecule has 0 aliphatic rings. The second kappa shape index (κ2) is 9.07. The van der Waals surface area contributed by atoms with Gasteiger partial charge in [-0.25, -0.2) is 0 Å². The summed E-state index contributed by atoms with van der Waals surface area (Å²) in [4.78, 5) is 0. The summed E-state index contributed by atoms with van der Waals surface area (Å²) >= 11 is 0. The van der Waals surface area contributed by atoms with Gasteiger partial charge in [0.1, 0.15) is 0 Å². The Morgan fingerprint density at radius 1 is 1.00 bits per heavy atom. The lowest BCUT2D eigenvalue weighted by atomic mass is 9.95. The molecule has 7 nitrogen and oxygen atoms in total. The molecule has 0 heterocycles. The molecule has 6 N–H and O–H groups in total. The largest absolute Gasteiger partial charge is 0.411 e. The van der Waals surface area contributed by atoms with Crippen molar-refractivity contribution in [3.05, 3.63) is 0 Å². The number of hydrogen-bond acceptors (Lipinski definition) is 7. The minimum absolute atomic E-state index is 0.200. The number of hydrogen-bond donors (Lipinski definition) is 5. The second-order valence-corrected chi connectivity index (χ2v) is 6.75. The fraction of sp³-hybridized carbons (Fsp3) is 0.867. The van der Waals surface area contributed by atoms with Gasteiger partial charge in [-0.05, 0) is 67.5 Å². The van der Waals surface area contributed by atoms with Gasteiger partial charge in [0, 0.05) is 6.04 Å². The third-order valence-corrected chi connectivity index (χ3v) is 4.25. The molecule has 0 aliphatic heterocycles. The third kappa shape index (κ3) is 6.72. The lowest BCUT2D eigenvalue weighted by Gasteiger charge is -2.32. The van der Waals surface area contributed by atoms with Crippen molar-refractivity contribution in [2.24, 2.45) is 16.0 Å². The number of nitrogens with two attached hydrogens (primary N) is 1. The molecule has 0 aliphatic carbocycles. The normalized spacial score (nSPS) is 16.0. The maximum Gasteiger partial charge on any atom is 0.0734 e. The van der Waals surface area contributed by atoms with E-state index >= 15 is 0 Å². The molecule has 0 aromatic heterocycles. The zero-order chi connectivity index (χ0) is 17.4. The minimum Gasteiger partial charge on any atom is -0.411 e. The van der Waals surface area contributed by atoms with Gasteiger partial charge in [0.2, 0.25) is 0 Å². The summed E-state index contributed by atoms with van der Waals surface area (Å²) < 4.78 is 0. The highest BCUT2D eigenvalue weighted by Gasteiger charge is 2.26. The molecule has 0 spiro atoms. The molecule has 130 valence electrons. The molecule has 1 unspecified atom stereocenters. The number of nitrogens with zero attached hydrogens (tertiary/aromatic N) is 2. The van der Waals surface area contributed by atoms with Crippen LogP contribution >= 0.6 is 0 Å². The molecule has 0 aromatic rings. The minimum atomic E-state index is -0.396. The van der Waals surface area contributed by atoms with E-state index in [0.717, 1.165) is 19.4 Å². The van der Waals surface area contributed by atoms with Crippen LogP contribution in [0.2, 0.25) is 0 Å². The molecule has 0 aromatic carbocycles. The van der Waals surface area contributed by atoms with E-state index in [0.29, 0.717) is 18.0 Å². The van der Waals surface area contributed by atoms with Gasteiger partial charge in [0.05, 0.1) is 22.5 Å². The SMILES string of the molecule is C/C(=N/O)C(C)(C)NCCC(CCN)NC(C)(C)/C(C)=N\O. The second-order valence-electron chi connectivity index (χ2n) is 6.75. The molecular formula is C15H33N5O2. The maximum absolute atomic E-state index is 8.96. The highest BCUT2D eigenvalue weighted by atomic mass is 16.4. The summed E-state index contributed by atoms with van der Waals surface area (Å²) in [6.45, 7) is 12.8. The Kier molecular flexibility index (Phi) is 8.58.